The fourth-order valence-electron chi connectivity index (χ4n) is 2.30. The van der Waals surface area contributed by atoms with Gasteiger partial charge in [-0.25, -0.2) is 8.42 Å². The van der Waals surface area contributed by atoms with Crippen LogP contribution in [0.2, 0.25) is 0 Å². The molecule has 0 radical (unpaired) electrons. The highest BCUT2D eigenvalue weighted by Crippen LogP contribution is 2.34. The van der Waals surface area contributed by atoms with Gasteiger partial charge in [-0.1, -0.05) is 5.11 Å². The van der Waals surface area contributed by atoms with Crippen molar-refractivity contribution in [2.24, 2.45) is 5.11 Å². The van der Waals surface area contributed by atoms with Crippen LogP contribution in [0.1, 0.15) is 19.3 Å². The molecule has 1 N–H and O–H groups in total. The van der Waals surface area contributed by atoms with E-state index in [1.165, 1.54) is 0 Å². The third-order valence-corrected chi connectivity index (χ3v) is 4.69. The summed E-state index contributed by atoms with van der Waals surface area (Å²) in [5.74, 6) is 0. The lowest BCUT2D eigenvalue weighted by molar-refractivity contribution is 0.424. The van der Waals surface area contributed by atoms with Crippen molar-refractivity contribution in [3.63, 3.8) is 0 Å². The van der Waals surface area contributed by atoms with Crippen molar-refractivity contribution in [3.05, 3.63) is 10.4 Å². The van der Waals surface area contributed by atoms with Crippen LogP contribution in [0.25, 0.3) is 10.4 Å². The van der Waals surface area contributed by atoms with Crippen molar-refractivity contribution < 1.29 is 8.42 Å². The van der Waals surface area contributed by atoms with Crippen LogP contribution in [-0.4, -0.2) is 38.6 Å². The van der Waals surface area contributed by atoms with Crippen LogP contribution >= 0.6 is 0 Å². The fourth-order valence-corrected chi connectivity index (χ4v) is 3.88. The lowest BCUT2D eigenvalue weighted by Gasteiger charge is -2.28. The number of rotatable bonds is 5. The van der Waals surface area contributed by atoms with Gasteiger partial charge >= 0.3 is 0 Å². The molecule has 94 valence electrons. The third kappa shape index (κ3) is 3.09. The van der Waals surface area contributed by atoms with E-state index in [0.717, 1.165) is 6.26 Å². The summed E-state index contributed by atoms with van der Waals surface area (Å²) >= 11 is 0. The first-order valence-electron chi connectivity index (χ1n) is 5.32. The minimum Gasteiger partial charge on any atom is -0.298 e. The van der Waals surface area contributed by atoms with E-state index in [1.807, 2.05) is 0 Å². The summed E-state index contributed by atoms with van der Waals surface area (Å²) in [4.78, 5) is 2.60. The molecule has 0 bridgehead atoms. The van der Waals surface area contributed by atoms with Gasteiger partial charge in [0.1, 0.15) is 5.54 Å². The topological polar surface area (TPSA) is 119 Å². The van der Waals surface area contributed by atoms with Gasteiger partial charge in [-0.15, -0.1) is 0 Å². The van der Waals surface area contributed by atoms with Gasteiger partial charge in [0.05, 0.1) is 11.3 Å². The summed E-state index contributed by atoms with van der Waals surface area (Å²) in [6, 6.07) is 2.09. The van der Waals surface area contributed by atoms with E-state index in [4.69, 9.17) is 5.53 Å². The van der Waals surface area contributed by atoms with E-state index in [0.29, 0.717) is 25.8 Å². The third-order valence-electron chi connectivity index (χ3n) is 3.02. The van der Waals surface area contributed by atoms with Gasteiger partial charge in [0.25, 0.3) is 0 Å². The van der Waals surface area contributed by atoms with Gasteiger partial charge in [-0.3, -0.25) is 5.32 Å². The predicted molar refractivity (Wildman–Crippen MR) is 62.8 cm³/mol. The summed E-state index contributed by atoms with van der Waals surface area (Å²) in [5, 5.41) is 14.8. The number of nitriles is 1. The van der Waals surface area contributed by atoms with Gasteiger partial charge in [0.2, 0.25) is 0 Å². The van der Waals surface area contributed by atoms with Gasteiger partial charge < -0.3 is 0 Å². The average molecular weight is 257 g/mol. The Morgan fingerprint density at radius 3 is 2.94 bits per heavy atom. The molecule has 1 aliphatic rings. The SMILES string of the molecule is CS(=O)(=O)C1CCCC1(C#N)NCCN=[N+]=[N-]. The molecule has 1 saturated carbocycles. The van der Waals surface area contributed by atoms with Crippen molar-refractivity contribution >= 4 is 9.84 Å². The standard InChI is InChI=1S/C9H15N5O2S/c1-17(15,16)8-3-2-4-9(8,7-10)12-5-6-13-14-11/h8,12H,2-6H2,1H3. The molecule has 1 rings (SSSR count). The van der Waals surface area contributed by atoms with E-state index in [1.54, 1.807) is 0 Å². The van der Waals surface area contributed by atoms with Crippen LogP contribution in [0, 0.1) is 11.3 Å². The number of sulfone groups is 1. The predicted octanol–water partition coefficient (Wildman–Crippen LogP) is 0.746. The second-order valence-corrected chi connectivity index (χ2v) is 6.40. The summed E-state index contributed by atoms with van der Waals surface area (Å²) < 4.78 is 23.2. The lowest BCUT2D eigenvalue weighted by atomic mass is 9.99. The molecule has 0 aliphatic heterocycles. The molecular weight excluding hydrogens is 242 g/mol. The van der Waals surface area contributed by atoms with Crippen LogP contribution < -0.4 is 5.32 Å². The van der Waals surface area contributed by atoms with E-state index < -0.39 is 20.6 Å². The maximum absolute atomic E-state index is 11.6. The van der Waals surface area contributed by atoms with Gasteiger partial charge in [-0.2, -0.15) is 5.26 Å². The minimum absolute atomic E-state index is 0.205. The smallest absolute Gasteiger partial charge is 0.153 e. The van der Waals surface area contributed by atoms with Gasteiger partial charge in [0.15, 0.2) is 9.84 Å². The van der Waals surface area contributed by atoms with Crippen LogP contribution in [0.5, 0.6) is 0 Å². The van der Waals surface area contributed by atoms with Crippen LogP contribution in [0.4, 0.5) is 0 Å². The molecule has 17 heavy (non-hydrogen) atoms. The molecule has 0 spiro atoms. The maximum Gasteiger partial charge on any atom is 0.153 e. The second kappa shape index (κ2) is 5.36. The van der Waals surface area contributed by atoms with Crippen molar-refractivity contribution in [2.45, 2.75) is 30.1 Å². The second-order valence-electron chi connectivity index (χ2n) is 4.17. The minimum atomic E-state index is -3.25. The zero-order chi connectivity index (χ0) is 12.9. The monoisotopic (exact) mass is 257 g/mol. The van der Waals surface area contributed by atoms with E-state index in [9.17, 15) is 13.7 Å². The molecule has 7 nitrogen and oxygen atoms in total. The Hall–Kier alpha value is -1.29. The van der Waals surface area contributed by atoms with Gasteiger partial charge in [0, 0.05) is 24.3 Å². The highest BCUT2D eigenvalue weighted by atomic mass is 32.2. The number of azide groups is 1. The molecule has 0 aromatic rings. The quantitative estimate of drug-likeness (QED) is 0.338. The van der Waals surface area contributed by atoms with Gasteiger partial charge in [-0.05, 0) is 24.8 Å². The summed E-state index contributed by atoms with van der Waals surface area (Å²) in [6.45, 7) is 0.514. The Morgan fingerprint density at radius 2 is 2.41 bits per heavy atom. The number of hydrogen-bond donors (Lipinski definition) is 1. The normalized spacial score (nSPS) is 28.4. The molecule has 0 saturated heterocycles. The molecule has 0 amide bonds. The van der Waals surface area contributed by atoms with Crippen LogP contribution in [0.15, 0.2) is 5.11 Å². The Morgan fingerprint density at radius 1 is 1.71 bits per heavy atom. The van der Waals surface area contributed by atoms with Crippen LogP contribution in [0.3, 0.4) is 0 Å². The summed E-state index contributed by atoms with van der Waals surface area (Å²) in [5.41, 5.74) is 7.10. The van der Waals surface area contributed by atoms with Crippen molar-refractivity contribution in [3.8, 4) is 6.07 Å². The van der Waals surface area contributed by atoms with E-state index >= 15 is 0 Å². The molecule has 0 aromatic carbocycles. The Bertz CT molecular complexity index is 462. The maximum atomic E-state index is 11.6. The molecule has 1 aliphatic carbocycles. The van der Waals surface area contributed by atoms with Crippen LogP contribution in [-0.2, 0) is 9.84 Å². The Labute approximate surface area is 100 Å². The van der Waals surface area contributed by atoms with Crippen molar-refractivity contribution in [1.82, 2.24) is 5.32 Å². The summed E-state index contributed by atoms with van der Waals surface area (Å²) in [7, 11) is -3.25. The Kier molecular flexibility index (Phi) is 4.34. The number of nitrogens with one attached hydrogen (secondary N) is 1. The molecular formula is C9H15N5O2S. The average Bonchev–Trinajstić information content (AvgIpc) is 2.69. The highest BCUT2D eigenvalue weighted by Gasteiger charge is 2.48. The zero-order valence-electron chi connectivity index (χ0n) is 9.63. The number of nitrogens with zero attached hydrogens (tertiary/aromatic N) is 4. The molecule has 8 heteroatoms. The first-order chi connectivity index (χ1) is 7.96. The van der Waals surface area contributed by atoms with E-state index in [-0.39, 0.29) is 6.54 Å². The van der Waals surface area contributed by atoms with Crippen molar-refractivity contribution in [1.29, 1.82) is 5.26 Å². The molecule has 1 fully saturated rings. The molecule has 0 heterocycles. The zero-order valence-corrected chi connectivity index (χ0v) is 10.4. The number of hydrogen-bond acceptors (Lipinski definition) is 5. The van der Waals surface area contributed by atoms with E-state index in [2.05, 4.69) is 21.4 Å². The molecule has 2 atom stereocenters. The van der Waals surface area contributed by atoms with Crippen molar-refractivity contribution in [2.75, 3.05) is 19.3 Å². The molecule has 0 aromatic heterocycles. The first kappa shape index (κ1) is 13.8. The first-order valence-corrected chi connectivity index (χ1v) is 7.28. The lowest BCUT2D eigenvalue weighted by Crippen LogP contribution is -2.53. The molecule has 2 unspecified atom stereocenters. The Balaban J connectivity index is 2.80. The summed E-state index contributed by atoms with van der Waals surface area (Å²) in [6.07, 6.45) is 2.88. The fraction of sp³-hybridized carbons (Fsp3) is 0.889. The largest absolute Gasteiger partial charge is 0.298 e. The highest BCUT2D eigenvalue weighted by molar-refractivity contribution is 7.91.